The van der Waals surface area contributed by atoms with Gasteiger partial charge in [0.15, 0.2) is 5.96 Å². The number of hydrogen-bond donors (Lipinski definition) is 7. The van der Waals surface area contributed by atoms with Gasteiger partial charge in [-0.2, -0.15) is 0 Å². The van der Waals surface area contributed by atoms with E-state index in [1.807, 2.05) is 0 Å². The average Bonchev–Trinajstić information content (AvgIpc) is 3.86. The second-order valence-corrected chi connectivity index (χ2v) is 16.1. The molecule has 58 heavy (non-hydrogen) atoms. The molecule has 5 atom stereocenters. The van der Waals surface area contributed by atoms with Crippen LogP contribution in [0.3, 0.4) is 0 Å². The highest BCUT2D eigenvalue weighted by Crippen LogP contribution is 2.34. The average molecular weight is 815 g/mol. The number of carbonyl (C=O) groups is 6. The molecule has 4 fully saturated rings. The molecule has 1 saturated carbocycles. The second kappa shape index (κ2) is 20.7. The van der Waals surface area contributed by atoms with Crippen molar-refractivity contribution in [2.75, 3.05) is 26.2 Å². The van der Waals surface area contributed by atoms with Crippen LogP contribution in [0.1, 0.15) is 108 Å². The summed E-state index contributed by atoms with van der Waals surface area (Å²) in [6, 6.07) is -2.07. The van der Waals surface area contributed by atoms with Gasteiger partial charge in [0, 0.05) is 38.7 Å². The van der Waals surface area contributed by atoms with Gasteiger partial charge in [-0.3, -0.25) is 33.8 Å². The number of nitrogens with two attached hydrogens (primary N) is 3. The van der Waals surface area contributed by atoms with Crippen LogP contribution in [0.2, 0.25) is 0 Å². The SMILES string of the molecule is NC(N)=NCCC[C@@H]1NC(=O)C2(CCC2)NC(=O)[C@@H]2CCCN2C(=O)[C@@H](Cc2cc(F)cc(F)c2)NC(=O)[C@@H](N)CCCCCCCCNC(=O)[C@@H]2CCCN2C1=O. The van der Waals surface area contributed by atoms with Crippen molar-refractivity contribution in [1.29, 1.82) is 0 Å². The van der Waals surface area contributed by atoms with Crippen molar-refractivity contribution >= 4 is 41.4 Å². The number of hydrogen-bond acceptors (Lipinski definition) is 8. The summed E-state index contributed by atoms with van der Waals surface area (Å²) in [6.45, 7) is 1.18. The van der Waals surface area contributed by atoms with Crippen molar-refractivity contribution in [3.05, 3.63) is 35.4 Å². The van der Waals surface area contributed by atoms with E-state index < -0.39 is 76.9 Å². The number of aliphatic imine (C=N–C) groups is 1. The first kappa shape index (κ1) is 44.2. The number of halogens is 2. The Hall–Kier alpha value is -4.87. The Balaban J connectivity index is 1.39. The monoisotopic (exact) mass is 814 g/mol. The molecular formula is C40H60F2N10O6. The van der Waals surface area contributed by atoms with Crippen LogP contribution in [-0.2, 0) is 35.2 Å². The minimum atomic E-state index is -1.36. The maximum atomic E-state index is 14.3. The molecule has 0 aromatic heterocycles. The summed E-state index contributed by atoms with van der Waals surface area (Å²) < 4.78 is 28.5. The lowest BCUT2D eigenvalue weighted by Gasteiger charge is -2.43. The number of carbonyl (C=O) groups excluding carboxylic acids is 6. The van der Waals surface area contributed by atoms with Gasteiger partial charge in [-0.15, -0.1) is 0 Å². The molecule has 320 valence electrons. The van der Waals surface area contributed by atoms with E-state index in [1.54, 1.807) is 0 Å². The standard InChI is InChI=1S/C40H60F2N10O6/c41-26-21-25(22-27(42)24-26)23-30-37(57)52-20-9-14-32(52)35(55)50-40(15-10-16-40)38(58)49-29(12-7-18-47-39(44)45)36(56)51-19-8-13-31(51)34(54)46-17-6-4-2-1-3-5-11-28(43)33(53)48-30/h21-22,24,28-32H,1-20,23,43H2,(H,46,54)(H,48,53)(H,49,58)(H,50,55)(H4,44,45,47)/t28-,29-,30+,31-,32-/m0/s1. The molecule has 10 N–H and O–H groups in total. The number of fused-ring (bicyclic) bond motifs is 2. The Morgan fingerprint density at radius 3 is 1.95 bits per heavy atom. The number of benzene rings is 1. The summed E-state index contributed by atoms with van der Waals surface area (Å²) >= 11 is 0. The highest BCUT2D eigenvalue weighted by atomic mass is 19.1. The first-order valence-corrected chi connectivity index (χ1v) is 20.9. The molecule has 4 aliphatic rings. The van der Waals surface area contributed by atoms with Crippen molar-refractivity contribution < 1.29 is 37.5 Å². The van der Waals surface area contributed by atoms with Gasteiger partial charge >= 0.3 is 0 Å². The quantitative estimate of drug-likeness (QED) is 0.121. The Kier molecular flexibility index (Phi) is 15.8. The van der Waals surface area contributed by atoms with Gasteiger partial charge in [0.05, 0.1) is 6.04 Å². The van der Waals surface area contributed by atoms with Crippen LogP contribution < -0.4 is 38.5 Å². The van der Waals surface area contributed by atoms with Crippen LogP contribution in [0, 0.1) is 11.6 Å². The molecule has 6 amide bonds. The maximum Gasteiger partial charge on any atom is 0.246 e. The Morgan fingerprint density at radius 1 is 0.724 bits per heavy atom. The molecule has 1 aliphatic carbocycles. The third kappa shape index (κ3) is 11.6. The van der Waals surface area contributed by atoms with E-state index in [4.69, 9.17) is 17.2 Å². The molecule has 16 nitrogen and oxygen atoms in total. The molecule has 1 aromatic rings. The summed E-state index contributed by atoms with van der Waals surface area (Å²) in [7, 11) is 0. The zero-order valence-electron chi connectivity index (χ0n) is 33.2. The van der Waals surface area contributed by atoms with Crippen LogP contribution in [0.25, 0.3) is 0 Å². The van der Waals surface area contributed by atoms with Crippen LogP contribution in [0.5, 0.6) is 0 Å². The highest BCUT2D eigenvalue weighted by Gasteiger charge is 2.49. The van der Waals surface area contributed by atoms with Gasteiger partial charge in [-0.1, -0.05) is 32.1 Å². The van der Waals surface area contributed by atoms with Crippen LogP contribution in [-0.4, -0.2) is 113 Å². The van der Waals surface area contributed by atoms with Crippen molar-refractivity contribution in [3.63, 3.8) is 0 Å². The Morgan fingerprint density at radius 2 is 1.33 bits per heavy atom. The third-order valence-electron chi connectivity index (χ3n) is 11.8. The van der Waals surface area contributed by atoms with Crippen molar-refractivity contribution in [2.24, 2.45) is 22.2 Å². The molecule has 1 spiro atoms. The molecule has 0 unspecified atom stereocenters. The fraction of sp³-hybridized carbons (Fsp3) is 0.675. The predicted octanol–water partition coefficient (Wildman–Crippen LogP) is 0.739. The molecule has 0 bridgehead atoms. The Labute approximate surface area is 338 Å². The first-order chi connectivity index (χ1) is 27.8. The smallest absolute Gasteiger partial charge is 0.246 e. The van der Waals surface area contributed by atoms with E-state index in [0.29, 0.717) is 64.1 Å². The lowest BCUT2D eigenvalue weighted by atomic mass is 9.75. The molecule has 5 rings (SSSR count). The van der Waals surface area contributed by atoms with Crippen molar-refractivity contribution in [2.45, 2.75) is 145 Å². The van der Waals surface area contributed by atoms with E-state index >= 15 is 0 Å². The third-order valence-corrected chi connectivity index (χ3v) is 11.8. The summed E-state index contributed by atoms with van der Waals surface area (Å²) in [5.41, 5.74) is 16.1. The largest absolute Gasteiger partial charge is 0.370 e. The summed E-state index contributed by atoms with van der Waals surface area (Å²) in [4.78, 5) is 90.2. The zero-order chi connectivity index (χ0) is 41.8. The highest BCUT2D eigenvalue weighted by molar-refractivity contribution is 5.99. The van der Waals surface area contributed by atoms with Crippen molar-refractivity contribution in [3.8, 4) is 0 Å². The minimum Gasteiger partial charge on any atom is -0.370 e. The molecule has 3 aliphatic heterocycles. The molecule has 18 heteroatoms. The van der Waals surface area contributed by atoms with Gasteiger partial charge in [-0.25, -0.2) is 8.78 Å². The predicted molar refractivity (Wildman–Crippen MR) is 211 cm³/mol. The van der Waals surface area contributed by atoms with Gasteiger partial charge in [0.1, 0.15) is 41.3 Å². The van der Waals surface area contributed by atoms with Crippen LogP contribution in [0.4, 0.5) is 8.78 Å². The molecule has 3 saturated heterocycles. The van der Waals surface area contributed by atoms with E-state index in [1.165, 1.54) is 9.80 Å². The van der Waals surface area contributed by atoms with E-state index in [0.717, 1.165) is 44.2 Å². The zero-order valence-corrected chi connectivity index (χ0v) is 33.2. The van der Waals surface area contributed by atoms with Gasteiger partial charge < -0.3 is 48.3 Å². The second-order valence-electron chi connectivity index (χ2n) is 16.1. The van der Waals surface area contributed by atoms with Gasteiger partial charge in [0.2, 0.25) is 35.4 Å². The lowest BCUT2D eigenvalue weighted by molar-refractivity contribution is -0.146. The van der Waals surface area contributed by atoms with E-state index in [2.05, 4.69) is 26.3 Å². The maximum absolute atomic E-state index is 14.3. The molecule has 3 heterocycles. The van der Waals surface area contributed by atoms with E-state index in [9.17, 15) is 37.5 Å². The number of guanidine groups is 1. The molecule has 1 aromatic carbocycles. The fourth-order valence-electron chi connectivity index (χ4n) is 8.42. The summed E-state index contributed by atoms with van der Waals surface area (Å²) in [5.74, 6) is -4.79. The number of nitrogens with one attached hydrogen (secondary N) is 4. The normalized spacial score (nSPS) is 27.1. The summed E-state index contributed by atoms with van der Waals surface area (Å²) in [6.07, 6.45) is 8.53. The van der Waals surface area contributed by atoms with Crippen molar-refractivity contribution in [1.82, 2.24) is 31.1 Å². The first-order valence-electron chi connectivity index (χ1n) is 20.9. The topological polar surface area (TPSA) is 247 Å². The fourth-order valence-corrected chi connectivity index (χ4v) is 8.42. The van der Waals surface area contributed by atoms with Crippen LogP contribution >= 0.6 is 0 Å². The lowest BCUT2D eigenvalue weighted by Crippen LogP contribution is -2.67. The molecule has 0 radical (unpaired) electrons. The van der Waals surface area contributed by atoms with Gasteiger partial charge in [-0.05, 0) is 88.3 Å². The number of amides is 6. The van der Waals surface area contributed by atoms with Crippen LogP contribution in [0.15, 0.2) is 23.2 Å². The van der Waals surface area contributed by atoms with E-state index in [-0.39, 0.29) is 62.6 Å². The minimum absolute atomic E-state index is 0.109. The molecular weight excluding hydrogens is 754 g/mol. The van der Waals surface area contributed by atoms with Gasteiger partial charge in [0.25, 0.3) is 0 Å². The Bertz CT molecular complexity index is 1670. The summed E-state index contributed by atoms with van der Waals surface area (Å²) in [5, 5.41) is 11.5. The number of nitrogens with zero attached hydrogens (tertiary/aromatic N) is 3. The number of rotatable bonds is 6.